The molecule has 1 N–H and O–H groups in total. The molecule has 0 saturated carbocycles. The van der Waals surface area contributed by atoms with Gasteiger partial charge in [-0.25, -0.2) is 9.67 Å². The first-order chi connectivity index (χ1) is 12.6. The number of para-hydroxylation sites is 1. The van der Waals surface area contributed by atoms with Gasteiger partial charge in [-0.3, -0.25) is 4.79 Å². The van der Waals surface area contributed by atoms with Crippen molar-refractivity contribution in [1.82, 2.24) is 24.8 Å². The highest BCUT2D eigenvalue weighted by Crippen LogP contribution is 2.30. The van der Waals surface area contributed by atoms with Gasteiger partial charge >= 0.3 is 0 Å². The number of nitrogens with one attached hydrogen (secondary N) is 1. The maximum atomic E-state index is 12.5. The van der Waals surface area contributed by atoms with E-state index in [9.17, 15) is 4.79 Å². The monoisotopic (exact) mass is 352 g/mol. The number of nitrogens with zero attached hydrogens (tertiary/aromatic N) is 5. The number of amides is 1. The summed E-state index contributed by atoms with van der Waals surface area (Å²) < 4.78 is 7.02. The van der Waals surface area contributed by atoms with Gasteiger partial charge in [0, 0.05) is 18.7 Å². The number of anilines is 2. The fourth-order valence-electron chi connectivity index (χ4n) is 3.20. The molecule has 0 atom stereocenters. The Kier molecular flexibility index (Phi) is 4.16. The van der Waals surface area contributed by atoms with Crippen LogP contribution in [0.4, 0.5) is 11.5 Å². The normalized spacial score (nSPS) is 13.5. The summed E-state index contributed by atoms with van der Waals surface area (Å²) in [6.45, 7) is 5.37. The number of carbonyl (C=O) groups excluding carboxylic acids is 1. The summed E-state index contributed by atoms with van der Waals surface area (Å²) in [7, 11) is 0. The highest BCUT2D eigenvalue weighted by atomic mass is 16.5. The SMILES string of the molecule is Cc1cccc(C)c1Nc1noc2c1CN(C(=O)Cn1cncn1)CC2. The minimum Gasteiger partial charge on any atom is -0.359 e. The van der Waals surface area contributed by atoms with Crippen LogP contribution in [0.1, 0.15) is 22.5 Å². The Bertz CT molecular complexity index is 911. The second-order valence-corrected chi connectivity index (χ2v) is 6.48. The van der Waals surface area contributed by atoms with E-state index in [2.05, 4.69) is 46.5 Å². The molecule has 8 nitrogen and oxygen atoms in total. The molecule has 0 spiro atoms. The maximum Gasteiger partial charge on any atom is 0.244 e. The number of hydrogen-bond donors (Lipinski definition) is 1. The highest BCUT2D eigenvalue weighted by Gasteiger charge is 2.27. The Morgan fingerprint density at radius 3 is 2.85 bits per heavy atom. The summed E-state index contributed by atoms with van der Waals surface area (Å²) >= 11 is 0. The Hall–Kier alpha value is -3.16. The molecule has 0 bridgehead atoms. The predicted molar refractivity (Wildman–Crippen MR) is 94.8 cm³/mol. The van der Waals surface area contributed by atoms with Crippen molar-refractivity contribution in [3.8, 4) is 0 Å². The molecule has 1 aliphatic rings. The lowest BCUT2D eigenvalue weighted by Crippen LogP contribution is -2.37. The molecule has 1 aromatic carbocycles. The van der Waals surface area contributed by atoms with E-state index in [1.165, 1.54) is 11.0 Å². The zero-order chi connectivity index (χ0) is 18.1. The van der Waals surface area contributed by atoms with E-state index in [0.29, 0.717) is 25.3 Å². The molecule has 1 amide bonds. The van der Waals surface area contributed by atoms with Crippen molar-refractivity contribution >= 4 is 17.4 Å². The summed E-state index contributed by atoms with van der Waals surface area (Å²) in [4.78, 5) is 18.2. The van der Waals surface area contributed by atoms with Crippen LogP contribution in [0.5, 0.6) is 0 Å². The first-order valence-electron chi connectivity index (χ1n) is 8.52. The molecule has 3 aromatic rings. The molecule has 4 rings (SSSR count). The molecule has 3 heterocycles. The molecule has 1 aliphatic heterocycles. The van der Waals surface area contributed by atoms with E-state index in [4.69, 9.17) is 4.52 Å². The maximum absolute atomic E-state index is 12.5. The van der Waals surface area contributed by atoms with Crippen molar-refractivity contribution in [2.75, 3.05) is 11.9 Å². The van der Waals surface area contributed by atoms with Crippen molar-refractivity contribution in [3.63, 3.8) is 0 Å². The van der Waals surface area contributed by atoms with Crippen LogP contribution in [0.25, 0.3) is 0 Å². The van der Waals surface area contributed by atoms with Gasteiger partial charge in [0.25, 0.3) is 0 Å². The number of rotatable bonds is 4. The van der Waals surface area contributed by atoms with Crippen LogP contribution in [-0.2, 0) is 24.3 Å². The van der Waals surface area contributed by atoms with Gasteiger partial charge in [-0.05, 0) is 25.0 Å². The van der Waals surface area contributed by atoms with Gasteiger partial charge in [0.1, 0.15) is 25.0 Å². The molecule has 0 saturated heterocycles. The Morgan fingerprint density at radius 2 is 2.12 bits per heavy atom. The number of fused-ring (bicyclic) bond motifs is 1. The average molecular weight is 352 g/mol. The van der Waals surface area contributed by atoms with E-state index in [1.807, 2.05) is 6.07 Å². The number of carbonyl (C=O) groups is 1. The van der Waals surface area contributed by atoms with Crippen molar-refractivity contribution in [1.29, 1.82) is 0 Å². The summed E-state index contributed by atoms with van der Waals surface area (Å²) in [5, 5.41) is 11.6. The van der Waals surface area contributed by atoms with Gasteiger partial charge in [-0.2, -0.15) is 5.10 Å². The molecule has 0 aliphatic carbocycles. The molecule has 0 unspecified atom stereocenters. The fourth-order valence-corrected chi connectivity index (χ4v) is 3.20. The lowest BCUT2D eigenvalue weighted by atomic mass is 10.1. The number of aryl methyl sites for hydroxylation is 2. The zero-order valence-electron chi connectivity index (χ0n) is 14.8. The van der Waals surface area contributed by atoms with Crippen molar-refractivity contribution in [2.24, 2.45) is 0 Å². The quantitative estimate of drug-likeness (QED) is 0.774. The van der Waals surface area contributed by atoms with Crippen LogP contribution in [0, 0.1) is 13.8 Å². The highest BCUT2D eigenvalue weighted by molar-refractivity contribution is 5.77. The van der Waals surface area contributed by atoms with Crippen LogP contribution >= 0.6 is 0 Å². The summed E-state index contributed by atoms with van der Waals surface area (Å²) in [5.41, 5.74) is 4.23. The van der Waals surface area contributed by atoms with E-state index < -0.39 is 0 Å². The minimum absolute atomic E-state index is 0.000345. The summed E-state index contributed by atoms with van der Waals surface area (Å²) in [6, 6.07) is 6.13. The largest absolute Gasteiger partial charge is 0.359 e. The number of aromatic nitrogens is 4. The van der Waals surface area contributed by atoms with Gasteiger partial charge in [-0.1, -0.05) is 23.4 Å². The first kappa shape index (κ1) is 16.3. The van der Waals surface area contributed by atoms with E-state index in [0.717, 1.165) is 28.1 Å². The van der Waals surface area contributed by atoms with Crippen molar-refractivity contribution in [2.45, 2.75) is 33.4 Å². The van der Waals surface area contributed by atoms with E-state index >= 15 is 0 Å². The van der Waals surface area contributed by atoms with Gasteiger partial charge in [0.05, 0.1) is 12.1 Å². The van der Waals surface area contributed by atoms with E-state index in [-0.39, 0.29) is 12.5 Å². The summed E-state index contributed by atoms with van der Waals surface area (Å²) in [6.07, 6.45) is 3.62. The zero-order valence-corrected chi connectivity index (χ0v) is 14.8. The van der Waals surface area contributed by atoms with Crippen molar-refractivity contribution in [3.05, 3.63) is 53.3 Å². The second kappa shape index (κ2) is 6.62. The molecule has 0 fully saturated rings. The fraction of sp³-hybridized carbons (Fsp3) is 0.333. The predicted octanol–water partition coefficient (Wildman–Crippen LogP) is 2.21. The molecule has 134 valence electrons. The molecule has 8 heteroatoms. The van der Waals surface area contributed by atoms with Crippen LogP contribution in [-0.4, -0.2) is 37.3 Å². The smallest absolute Gasteiger partial charge is 0.244 e. The van der Waals surface area contributed by atoms with Crippen LogP contribution in [0.3, 0.4) is 0 Å². The third-order valence-corrected chi connectivity index (χ3v) is 4.67. The second-order valence-electron chi connectivity index (χ2n) is 6.48. The van der Waals surface area contributed by atoms with Crippen LogP contribution in [0.15, 0.2) is 35.4 Å². The lowest BCUT2D eigenvalue weighted by molar-refractivity contribution is -0.133. The Morgan fingerprint density at radius 1 is 1.31 bits per heavy atom. The van der Waals surface area contributed by atoms with Gasteiger partial charge in [-0.15, -0.1) is 0 Å². The van der Waals surface area contributed by atoms with Crippen LogP contribution < -0.4 is 5.32 Å². The average Bonchev–Trinajstić information content (AvgIpc) is 3.27. The van der Waals surface area contributed by atoms with Crippen molar-refractivity contribution < 1.29 is 9.32 Å². The number of hydrogen-bond acceptors (Lipinski definition) is 6. The molecule has 26 heavy (non-hydrogen) atoms. The topological polar surface area (TPSA) is 89.1 Å². The minimum atomic E-state index is 0.000345. The van der Waals surface area contributed by atoms with Gasteiger partial charge in [0.15, 0.2) is 5.82 Å². The van der Waals surface area contributed by atoms with Gasteiger partial charge in [0.2, 0.25) is 5.91 Å². The lowest BCUT2D eigenvalue weighted by Gasteiger charge is -2.26. The molecular weight excluding hydrogens is 332 g/mol. The summed E-state index contributed by atoms with van der Waals surface area (Å²) in [5.74, 6) is 1.51. The molecule has 2 aromatic heterocycles. The molecular formula is C18H20N6O2. The van der Waals surface area contributed by atoms with E-state index in [1.54, 1.807) is 11.2 Å². The third kappa shape index (κ3) is 3.05. The Balaban J connectivity index is 1.54. The standard InChI is InChI=1S/C18H20N6O2/c1-12-4-3-5-13(2)17(12)21-18-14-8-23(7-6-15(14)26-22-18)16(25)9-24-11-19-10-20-24/h3-5,10-11H,6-9H2,1-2H3,(H,21,22). The third-order valence-electron chi connectivity index (χ3n) is 4.67. The Labute approximate surface area is 150 Å². The first-order valence-corrected chi connectivity index (χ1v) is 8.52. The van der Waals surface area contributed by atoms with Gasteiger partial charge < -0.3 is 14.7 Å². The number of benzene rings is 1. The van der Waals surface area contributed by atoms with Crippen LogP contribution in [0.2, 0.25) is 0 Å². The molecule has 0 radical (unpaired) electrons.